The normalized spacial score (nSPS) is 18.1. The number of hydrogen-bond acceptors (Lipinski definition) is 5. The van der Waals surface area contributed by atoms with E-state index in [9.17, 15) is 13.2 Å². The first kappa shape index (κ1) is 17.4. The molecule has 0 bridgehead atoms. The minimum Gasteiger partial charge on any atom is -0.469 e. The van der Waals surface area contributed by atoms with Crippen LogP contribution in [-0.4, -0.2) is 70.5 Å². The fourth-order valence-corrected chi connectivity index (χ4v) is 3.18. The maximum Gasteiger partial charge on any atom is 0.306 e. The third-order valence-corrected chi connectivity index (χ3v) is 5.60. The molecule has 0 radical (unpaired) electrons. The second kappa shape index (κ2) is 6.84. The van der Waals surface area contributed by atoms with Crippen LogP contribution in [0.4, 0.5) is 0 Å². The first-order valence-electron chi connectivity index (χ1n) is 6.69. The number of nitrogens with zero attached hydrogens (tertiary/aromatic N) is 2. The van der Waals surface area contributed by atoms with Crippen molar-refractivity contribution in [2.45, 2.75) is 31.2 Å². The van der Waals surface area contributed by atoms with Gasteiger partial charge in [0.05, 0.1) is 13.5 Å². The molecule has 20 heavy (non-hydrogen) atoms. The van der Waals surface area contributed by atoms with Gasteiger partial charge in [-0.2, -0.15) is 12.7 Å². The molecule has 0 heterocycles. The minimum absolute atomic E-state index is 0.0483. The number of carbonyl (C=O) groups is 1. The molecule has 1 aliphatic carbocycles. The molecule has 0 saturated heterocycles. The van der Waals surface area contributed by atoms with Crippen molar-refractivity contribution in [3.8, 4) is 0 Å². The third kappa shape index (κ3) is 4.15. The highest BCUT2D eigenvalue weighted by molar-refractivity contribution is 7.87. The van der Waals surface area contributed by atoms with E-state index in [1.165, 1.54) is 14.2 Å². The molecule has 118 valence electrons. The fourth-order valence-electron chi connectivity index (χ4n) is 2.17. The number of methoxy groups -OCH3 is 1. The van der Waals surface area contributed by atoms with Crippen LogP contribution in [0, 0.1) is 0 Å². The van der Waals surface area contributed by atoms with Gasteiger partial charge in [0.25, 0.3) is 10.2 Å². The minimum atomic E-state index is -3.56. The highest BCUT2D eigenvalue weighted by Gasteiger charge is 2.40. The van der Waals surface area contributed by atoms with Gasteiger partial charge in [-0.1, -0.05) is 0 Å². The maximum atomic E-state index is 12.1. The molecule has 0 atom stereocenters. The van der Waals surface area contributed by atoms with Crippen molar-refractivity contribution in [1.82, 2.24) is 13.9 Å². The summed E-state index contributed by atoms with van der Waals surface area (Å²) in [6.07, 6.45) is 3.16. The van der Waals surface area contributed by atoms with Crippen LogP contribution >= 0.6 is 0 Å². The van der Waals surface area contributed by atoms with Crippen LogP contribution in [0.1, 0.15) is 25.7 Å². The second-order valence-electron chi connectivity index (χ2n) is 5.45. The molecule has 1 rings (SSSR count). The van der Waals surface area contributed by atoms with Crippen molar-refractivity contribution in [2.24, 2.45) is 0 Å². The second-order valence-corrected chi connectivity index (χ2v) is 7.31. The summed E-state index contributed by atoms with van der Waals surface area (Å²) >= 11 is 0. The summed E-state index contributed by atoms with van der Waals surface area (Å²) in [6, 6.07) is 0. The molecular weight excluding hydrogens is 282 g/mol. The molecular formula is C12H25N3O4S. The van der Waals surface area contributed by atoms with Crippen molar-refractivity contribution in [1.29, 1.82) is 0 Å². The molecule has 1 fully saturated rings. The van der Waals surface area contributed by atoms with Gasteiger partial charge < -0.3 is 9.64 Å². The quantitative estimate of drug-likeness (QED) is 0.628. The van der Waals surface area contributed by atoms with Crippen LogP contribution < -0.4 is 4.72 Å². The number of nitrogens with one attached hydrogen (secondary N) is 1. The summed E-state index contributed by atoms with van der Waals surface area (Å²) in [6.45, 7) is 0.502. The summed E-state index contributed by atoms with van der Waals surface area (Å²) in [7, 11) is 3.11. The van der Waals surface area contributed by atoms with Gasteiger partial charge in [0.15, 0.2) is 0 Å². The highest BCUT2D eigenvalue weighted by atomic mass is 32.2. The van der Waals surface area contributed by atoms with Gasteiger partial charge in [-0.3, -0.25) is 4.79 Å². The largest absolute Gasteiger partial charge is 0.469 e. The van der Waals surface area contributed by atoms with E-state index in [1.54, 1.807) is 0 Å². The van der Waals surface area contributed by atoms with Crippen LogP contribution in [0.2, 0.25) is 0 Å². The average molecular weight is 307 g/mol. The number of rotatable bonds is 8. The Labute approximate surface area is 121 Å². The van der Waals surface area contributed by atoms with Gasteiger partial charge in [0.2, 0.25) is 0 Å². The zero-order chi connectivity index (χ0) is 15.4. The Morgan fingerprint density at radius 3 is 2.30 bits per heavy atom. The lowest BCUT2D eigenvalue weighted by molar-refractivity contribution is -0.140. The summed E-state index contributed by atoms with van der Waals surface area (Å²) in [5.74, 6) is -0.421. The van der Waals surface area contributed by atoms with Crippen molar-refractivity contribution >= 4 is 16.2 Å². The molecule has 0 amide bonds. The lowest BCUT2D eigenvalue weighted by atomic mass is 9.76. The predicted molar refractivity (Wildman–Crippen MR) is 76.5 cm³/mol. The fraction of sp³-hybridized carbons (Fsp3) is 0.917. The molecule has 1 saturated carbocycles. The first-order valence-corrected chi connectivity index (χ1v) is 8.13. The van der Waals surface area contributed by atoms with Crippen molar-refractivity contribution < 1.29 is 17.9 Å². The third-order valence-electron chi connectivity index (χ3n) is 4.09. The van der Waals surface area contributed by atoms with E-state index in [0.717, 1.165) is 23.6 Å². The van der Waals surface area contributed by atoms with Crippen molar-refractivity contribution in [3.05, 3.63) is 0 Å². The zero-order valence-corrected chi connectivity index (χ0v) is 13.5. The van der Waals surface area contributed by atoms with E-state index in [1.807, 2.05) is 14.1 Å². The molecule has 8 heteroatoms. The Morgan fingerprint density at radius 1 is 1.30 bits per heavy atom. The molecule has 0 spiro atoms. The van der Waals surface area contributed by atoms with Gasteiger partial charge >= 0.3 is 5.97 Å². The standard InChI is InChI=1S/C12H25N3O4S/c1-14(2)12(7-5-8-12)10-13-20(17,18)15(3)9-6-11(16)19-4/h13H,5-10H2,1-4H3. The van der Waals surface area contributed by atoms with Crippen LogP contribution in [-0.2, 0) is 19.7 Å². The topological polar surface area (TPSA) is 78.9 Å². The maximum absolute atomic E-state index is 12.1. The Kier molecular flexibility index (Phi) is 5.93. The Hall–Kier alpha value is -0.700. The van der Waals surface area contributed by atoms with Crippen LogP contribution in [0.3, 0.4) is 0 Å². The van der Waals surface area contributed by atoms with Crippen LogP contribution in [0.25, 0.3) is 0 Å². The molecule has 0 aromatic heterocycles. The van der Waals surface area contributed by atoms with Gasteiger partial charge in [0.1, 0.15) is 0 Å². The number of hydrogen-bond donors (Lipinski definition) is 1. The number of carbonyl (C=O) groups excluding carboxylic acids is 1. The van der Waals surface area contributed by atoms with Gasteiger partial charge in [-0.05, 0) is 33.4 Å². The van der Waals surface area contributed by atoms with Crippen molar-refractivity contribution in [3.63, 3.8) is 0 Å². The number of ether oxygens (including phenoxy) is 1. The summed E-state index contributed by atoms with van der Waals surface area (Å²) < 4.78 is 32.4. The average Bonchev–Trinajstić information content (AvgIpc) is 2.33. The monoisotopic (exact) mass is 307 g/mol. The Balaban J connectivity index is 2.50. The number of likely N-dealkylation sites (N-methyl/N-ethyl adjacent to an activating group) is 1. The zero-order valence-electron chi connectivity index (χ0n) is 12.7. The SMILES string of the molecule is COC(=O)CCN(C)S(=O)(=O)NCC1(N(C)C)CCC1. The van der Waals surface area contributed by atoms with Gasteiger partial charge in [-0.25, -0.2) is 4.72 Å². The van der Waals surface area contributed by atoms with E-state index in [-0.39, 0.29) is 18.5 Å². The molecule has 1 aliphatic rings. The van der Waals surface area contributed by atoms with Gasteiger partial charge in [-0.15, -0.1) is 0 Å². The smallest absolute Gasteiger partial charge is 0.306 e. The molecule has 1 N–H and O–H groups in total. The lowest BCUT2D eigenvalue weighted by Gasteiger charge is -2.47. The van der Waals surface area contributed by atoms with E-state index < -0.39 is 16.2 Å². The highest BCUT2D eigenvalue weighted by Crippen LogP contribution is 2.35. The van der Waals surface area contributed by atoms with Crippen LogP contribution in [0.15, 0.2) is 0 Å². The van der Waals surface area contributed by atoms with Gasteiger partial charge in [0, 0.05) is 25.7 Å². The van der Waals surface area contributed by atoms with E-state index in [4.69, 9.17) is 0 Å². The summed E-state index contributed by atoms with van der Waals surface area (Å²) in [4.78, 5) is 13.1. The van der Waals surface area contributed by atoms with Crippen LogP contribution in [0.5, 0.6) is 0 Å². The predicted octanol–water partition coefficient (Wildman–Crippen LogP) is -0.200. The van der Waals surface area contributed by atoms with E-state index in [0.29, 0.717) is 6.54 Å². The Bertz CT molecular complexity index is 432. The van der Waals surface area contributed by atoms with Crippen molar-refractivity contribution in [2.75, 3.05) is 41.3 Å². The summed E-state index contributed by atoms with van der Waals surface area (Å²) in [5.41, 5.74) is -0.0732. The molecule has 7 nitrogen and oxygen atoms in total. The van der Waals surface area contributed by atoms with E-state index >= 15 is 0 Å². The first-order chi connectivity index (χ1) is 9.23. The molecule has 0 aliphatic heterocycles. The summed E-state index contributed by atoms with van der Waals surface area (Å²) in [5, 5.41) is 0. The molecule has 0 aromatic carbocycles. The molecule has 0 unspecified atom stereocenters. The Morgan fingerprint density at radius 2 is 1.90 bits per heavy atom. The number of esters is 1. The lowest BCUT2D eigenvalue weighted by Crippen LogP contribution is -2.58. The molecule has 0 aromatic rings. The van der Waals surface area contributed by atoms with E-state index in [2.05, 4.69) is 14.4 Å².